The SMILES string of the molecule is CN(C)c1ncccc1OC1CCN(C(=O)CCc2ccccn2)C1. The van der Waals surface area contributed by atoms with Crippen LogP contribution in [0.1, 0.15) is 18.5 Å². The molecule has 1 amide bonds. The van der Waals surface area contributed by atoms with Crippen molar-refractivity contribution in [1.82, 2.24) is 14.9 Å². The lowest BCUT2D eigenvalue weighted by Crippen LogP contribution is -2.31. The van der Waals surface area contributed by atoms with Gasteiger partial charge in [0.1, 0.15) is 6.10 Å². The smallest absolute Gasteiger partial charge is 0.223 e. The van der Waals surface area contributed by atoms with E-state index in [-0.39, 0.29) is 12.0 Å². The van der Waals surface area contributed by atoms with Gasteiger partial charge in [0.15, 0.2) is 11.6 Å². The first-order valence-electron chi connectivity index (χ1n) is 8.60. The first-order valence-corrected chi connectivity index (χ1v) is 8.60. The van der Waals surface area contributed by atoms with E-state index in [4.69, 9.17) is 4.74 Å². The van der Waals surface area contributed by atoms with Crippen LogP contribution in [0.4, 0.5) is 5.82 Å². The molecule has 132 valence electrons. The molecule has 2 aromatic rings. The molecule has 0 saturated carbocycles. The summed E-state index contributed by atoms with van der Waals surface area (Å²) in [6.45, 7) is 1.37. The van der Waals surface area contributed by atoms with Gasteiger partial charge in [-0.05, 0) is 30.7 Å². The molecular weight excluding hydrogens is 316 g/mol. The van der Waals surface area contributed by atoms with Crippen LogP contribution in [0.15, 0.2) is 42.7 Å². The standard InChI is InChI=1S/C19H24N4O2/c1-22(2)19-17(7-5-12-21-19)25-16-10-13-23(14-16)18(24)9-8-15-6-3-4-11-20-15/h3-7,11-12,16H,8-10,13-14H2,1-2H3. The molecule has 0 spiro atoms. The third kappa shape index (κ3) is 4.47. The van der Waals surface area contributed by atoms with Crippen molar-refractivity contribution in [3.63, 3.8) is 0 Å². The van der Waals surface area contributed by atoms with Gasteiger partial charge in [-0.2, -0.15) is 0 Å². The largest absolute Gasteiger partial charge is 0.485 e. The Labute approximate surface area is 148 Å². The van der Waals surface area contributed by atoms with Gasteiger partial charge in [-0.25, -0.2) is 4.98 Å². The van der Waals surface area contributed by atoms with Crippen LogP contribution in [0.25, 0.3) is 0 Å². The number of anilines is 1. The molecule has 0 aromatic carbocycles. The van der Waals surface area contributed by atoms with Crippen molar-refractivity contribution < 1.29 is 9.53 Å². The summed E-state index contributed by atoms with van der Waals surface area (Å²) in [6, 6.07) is 9.58. The molecule has 3 rings (SSSR count). The average molecular weight is 340 g/mol. The number of amides is 1. The molecule has 0 N–H and O–H groups in total. The zero-order valence-corrected chi connectivity index (χ0v) is 14.8. The van der Waals surface area contributed by atoms with Gasteiger partial charge in [-0.1, -0.05) is 6.07 Å². The first kappa shape index (κ1) is 17.2. The molecule has 25 heavy (non-hydrogen) atoms. The number of aromatic nitrogens is 2. The van der Waals surface area contributed by atoms with Crippen molar-refractivity contribution >= 4 is 11.7 Å². The lowest BCUT2D eigenvalue weighted by molar-refractivity contribution is -0.130. The summed E-state index contributed by atoms with van der Waals surface area (Å²) >= 11 is 0. The second-order valence-electron chi connectivity index (χ2n) is 6.41. The molecule has 3 heterocycles. The Balaban J connectivity index is 1.52. The van der Waals surface area contributed by atoms with E-state index in [1.807, 2.05) is 54.2 Å². The third-order valence-electron chi connectivity index (χ3n) is 4.29. The Morgan fingerprint density at radius 3 is 2.84 bits per heavy atom. The summed E-state index contributed by atoms with van der Waals surface area (Å²) in [6.07, 6.45) is 5.54. The number of hydrogen-bond donors (Lipinski definition) is 0. The topological polar surface area (TPSA) is 58.6 Å². The van der Waals surface area contributed by atoms with E-state index in [1.54, 1.807) is 12.4 Å². The van der Waals surface area contributed by atoms with Crippen molar-refractivity contribution in [2.45, 2.75) is 25.4 Å². The predicted molar refractivity (Wildman–Crippen MR) is 96.7 cm³/mol. The zero-order valence-electron chi connectivity index (χ0n) is 14.8. The fraction of sp³-hybridized carbons (Fsp3) is 0.421. The van der Waals surface area contributed by atoms with Gasteiger partial charge in [-0.3, -0.25) is 9.78 Å². The number of rotatable bonds is 6. The van der Waals surface area contributed by atoms with Crippen molar-refractivity contribution in [3.8, 4) is 5.75 Å². The highest BCUT2D eigenvalue weighted by Crippen LogP contribution is 2.26. The normalized spacial score (nSPS) is 16.7. The average Bonchev–Trinajstić information content (AvgIpc) is 3.09. The molecule has 0 aliphatic carbocycles. The number of carbonyl (C=O) groups excluding carboxylic acids is 1. The Morgan fingerprint density at radius 1 is 1.24 bits per heavy atom. The summed E-state index contributed by atoms with van der Waals surface area (Å²) < 4.78 is 6.10. The molecule has 1 saturated heterocycles. The van der Waals surface area contributed by atoms with E-state index >= 15 is 0 Å². The number of aryl methyl sites for hydroxylation is 1. The highest BCUT2D eigenvalue weighted by Gasteiger charge is 2.28. The number of likely N-dealkylation sites (tertiary alicyclic amines) is 1. The van der Waals surface area contributed by atoms with E-state index in [0.29, 0.717) is 19.4 Å². The van der Waals surface area contributed by atoms with Gasteiger partial charge in [0.2, 0.25) is 5.91 Å². The number of carbonyl (C=O) groups is 1. The fourth-order valence-corrected chi connectivity index (χ4v) is 2.98. The molecule has 6 heteroatoms. The van der Waals surface area contributed by atoms with Gasteiger partial charge < -0.3 is 14.5 Å². The Kier molecular flexibility index (Phi) is 5.48. The van der Waals surface area contributed by atoms with Crippen molar-refractivity contribution in [2.75, 3.05) is 32.1 Å². The molecule has 1 unspecified atom stereocenters. The summed E-state index contributed by atoms with van der Waals surface area (Å²) in [7, 11) is 3.88. The van der Waals surface area contributed by atoms with Gasteiger partial charge in [-0.15, -0.1) is 0 Å². The fourth-order valence-electron chi connectivity index (χ4n) is 2.98. The number of ether oxygens (including phenoxy) is 1. The third-order valence-corrected chi connectivity index (χ3v) is 4.29. The molecule has 6 nitrogen and oxygen atoms in total. The molecular formula is C19H24N4O2. The monoisotopic (exact) mass is 340 g/mol. The maximum Gasteiger partial charge on any atom is 0.223 e. The second-order valence-corrected chi connectivity index (χ2v) is 6.41. The number of nitrogens with zero attached hydrogens (tertiary/aromatic N) is 4. The lowest BCUT2D eigenvalue weighted by atomic mass is 10.2. The molecule has 0 bridgehead atoms. The van der Waals surface area contributed by atoms with E-state index in [0.717, 1.165) is 30.2 Å². The molecule has 1 aliphatic heterocycles. The van der Waals surface area contributed by atoms with Gasteiger partial charge in [0.25, 0.3) is 0 Å². The summed E-state index contributed by atoms with van der Waals surface area (Å²) in [5, 5.41) is 0. The minimum absolute atomic E-state index is 0.0155. The highest BCUT2D eigenvalue weighted by atomic mass is 16.5. The quantitative estimate of drug-likeness (QED) is 0.806. The van der Waals surface area contributed by atoms with Crippen LogP contribution in [0, 0.1) is 0 Å². The first-order chi connectivity index (χ1) is 12.1. The number of pyridine rings is 2. The Morgan fingerprint density at radius 2 is 2.08 bits per heavy atom. The van der Waals surface area contributed by atoms with E-state index in [2.05, 4.69) is 9.97 Å². The van der Waals surface area contributed by atoms with Crippen LogP contribution in [-0.4, -0.2) is 54.1 Å². The minimum atomic E-state index is 0.0155. The van der Waals surface area contributed by atoms with Crippen LogP contribution in [0.2, 0.25) is 0 Å². The van der Waals surface area contributed by atoms with Crippen molar-refractivity contribution in [2.24, 2.45) is 0 Å². The van der Waals surface area contributed by atoms with E-state index in [9.17, 15) is 4.79 Å². The van der Waals surface area contributed by atoms with E-state index < -0.39 is 0 Å². The van der Waals surface area contributed by atoms with Gasteiger partial charge in [0, 0.05) is 51.6 Å². The maximum absolute atomic E-state index is 12.4. The Hall–Kier alpha value is -2.63. The molecule has 1 atom stereocenters. The second kappa shape index (κ2) is 7.96. The summed E-state index contributed by atoms with van der Waals surface area (Å²) in [5.74, 6) is 1.73. The molecule has 1 fully saturated rings. The molecule has 2 aromatic heterocycles. The van der Waals surface area contributed by atoms with Crippen LogP contribution in [0.5, 0.6) is 5.75 Å². The van der Waals surface area contributed by atoms with Crippen LogP contribution in [-0.2, 0) is 11.2 Å². The summed E-state index contributed by atoms with van der Waals surface area (Å²) in [5.41, 5.74) is 0.953. The van der Waals surface area contributed by atoms with E-state index in [1.165, 1.54) is 0 Å². The summed E-state index contributed by atoms with van der Waals surface area (Å²) in [4.78, 5) is 24.9. The van der Waals surface area contributed by atoms with Crippen LogP contribution < -0.4 is 9.64 Å². The zero-order chi connectivity index (χ0) is 17.6. The predicted octanol–water partition coefficient (Wildman–Crippen LogP) is 2.16. The van der Waals surface area contributed by atoms with Crippen molar-refractivity contribution in [1.29, 1.82) is 0 Å². The number of hydrogen-bond acceptors (Lipinski definition) is 5. The minimum Gasteiger partial charge on any atom is -0.485 e. The molecule has 0 radical (unpaired) electrons. The molecule has 1 aliphatic rings. The van der Waals surface area contributed by atoms with Gasteiger partial charge in [0.05, 0.1) is 6.54 Å². The van der Waals surface area contributed by atoms with Gasteiger partial charge >= 0.3 is 0 Å². The van der Waals surface area contributed by atoms with Crippen molar-refractivity contribution in [3.05, 3.63) is 48.4 Å². The lowest BCUT2D eigenvalue weighted by Gasteiger charge is -2.20. The highest BCUT2D eigenvalue weighted by molar-refractivity contribution is 5.76. The maximum atomic E-state index is 12.4. The Bertz CT molecular complexity index is 706. The van der Waals surface area contributed by atoms with Crippen LogP contribution >= 0.6 is 0 Å². The van der Waals surface area contributed by atoms with Crippen LogP contribution in [0.3, 0.4) is 0 Å².